The molecule has 134 valence electrons. The Morgan fingerprint density at radius 1 is 0.760 bits per heavy atom. The fourth-order valence-electron chi connectivity index (χ4n) is 11.6. The Morgan fingerprint density at radius 3 is 2.04 bits per heavy atom. The van der Waals surface area contributed by atoms with Crippen LogP contribution in [-0.2, 0) is 14.3 Å². The molecule has 25 heavy (non-hydrogen) atoms. The van der Waals surface area contributed by atoms with Gasteiger partial charge in [-0.15, -0.1) is 0 Å². The molecule has 0 spiro atoms. The lowest BCUT2D eigenvalue weighted by Gasteiger charge is -2.52. The third-order valence-electron chi connectivity index (χ3n) is 11.5. The first-order valence-electron chi connectivity index (χ1n) is 10.9. The van der Waals surface area contributed by atoms with E-state index in [9.17, 15) is 4.79 Å². The molecule has 13 unspecified atom stereocenters. The van der Waals surface area contributed by atoms with E-state index in [-0.39, 0.29) is 17.1 Å². The van der Waals surface area contributed by atoms with Crippen molar-refractivity contribution >= 4 is 6.29 Å². The topological polar surface area (TPSA) is 35.5 Å². The molecule has 3 nitrogen and oxygen atoms in total. The smallest absolute Gasteiger partial charge is 0.164 e. The molecule has 2 saturated heterocycles. The van der Waals surface area contributed by atoms with Crippen LogP contribution in [0.1, 0.15) is 39.5 Å². The van der Waals surface area contributed by atoms with Gasteiger partial charge in [0.15, 0.2) is 6.29 Å². The highest BCUT2D eigenvalue weighted by Crippen LogP contribution is 2.87. The van der Waals surface area contributed by atoms with Gasteiger partial charge in [0.1, 0.15) is 6.29 Å². The second-order valence-corrected chi connectivity index (χ2v) is 11.4. The average Bonchev–Trinajstić information content (AvgIpc) is 3.32. The van der Waals surface area contributed by atoms with Gasteiger partial charge in [0, 0.05) is 10.8 Å². The van der Waals surface area contributed by atoms with Gasteiger partial charge in [-0.25, -0.2) is 0 Å². The van der Waals surface area contributed by atoms with E-state index < -0.39 is 0 Å². The summed E-state index contributed by atoms with van der Waals surface area (Å²) >= 11 is 0. The number of hydrogen-bond donors (Lipinski definition) is 0. The Labute approximate surface area is 149 Å². The number of hydrogen-bond acceptors (Lipinski definition) is 3. The molecule has 2 aliphatic heterocycles. The summed E-state index contributed by atoms with van der Waals surface area (Å²) in [5.74, 6) is 7.30. The molecule has 3 heteroatoms. The molecular formula is C22H28O3. The van der Waals surface area contributed by atoms with E-state index in [4.69, 9.17) is 9.47 Å². The van der Waals surface area contributed by atoms with Crippen LogP contribution in [0.15, 0.2) is 0 Å². The Morgan fingerprint density at radius 2 is 1.36 bits per heavy atom. The number of rotatable bonds is 1. The zero-order valence-corrected chi connectivity index (χ0v) is 15.1. The number of carbonyl (C=O) groups is 1. The SMILES string of the molecule is C[C@]1(C=O)C2C3CCC4OC5OC6CCC7C6C1C1C2C(C43)[C@]5(C)C71. The van der Waals surface area contributed by atoms with E-state index in [1.165, 1.54) is 32.0 Å². The molecule has 8 fully saturated rings. The molecule has 2 heterocycles. The van der Waals surface area contributed by atoms with Gasteiger partial charge in [-0.2, -0.15) is 0 Å². The summed E-state index contributed by atoms with van der Waals surface area (Å²) in [5, 5.41) is 0. The van der Waals surface area contributed by atoms with Crippen LogP contribution in [0.2, 0.25) is 0 Å². The van der Waals surface area contributed by atoms with Crippen LogP contribution < -0.4 is 0 Å². The summed E-state index contributed by atoms with van der Waals surface area (Å²) < 4.78 is 13.6. The van der Waals surface area contributed by atoms with Gasteiger partial charge < -0.3 is 14.3 Å². The lowest BCUT2D eigenvalue weighted by atomic mass is 9.62. The number of ether oxygens (including phenoxy) is 2. The Balaban J connectivity index is 1.48. The highest BCUT2D eigenvalue weighted by Gasteiger charge is 2.86. The van der Waals surface area contributed by atoms with Crippen molar-refractivity contribution in [2.45, 2.75) is 58.0 Å². The summed E-state index contributed by atoms with van der Waals surface area (Å²) in [6.45, 7) is 4.92. The minimum absolute atomic E-state index is 0.0492. The van der Waals surface area contributed by atoms with E-state index in [2.05, 4.69) is 13.8 Å². The van der Waals surface area contributed by atoms with Gasteiger partial charge in [-0.05, 0) is 84.9 Å². The van der Waals surface area contributed by atoms with E-state index in [1.54, 1.807) is 0 Å². The quantitative estimate of drug-likeness (QED) is 0.688. The third kappa shape index (κ3) is 1.04. The molecule has 15 atom stereocenters. The Bertz CT molecular complexity index is 720. The van der Waals surface area contributed by atoms with E-state index in [0.717, 1.165) is 41.4 Å². The Kier molecular flexibility index (Phi) is 1.99. The van der Waals surface area contributed by atoms with Crippen LogP contribution in [0.5, 0.6) is 0 Å². The van der Waals surface area contributed by atoms with Crippen molar-refractivity contribution in [3.05, 3.63) is 0 Å². The maximum Gasteiger partial charge on any atom is 0.164 e. The average molecular weight is 340 g/mol. The predicted octanol–water partition coefficient (Wildman–Crippen LogP) is 3.13. The monoisotopic (exact) mass is 340 g/mol. The molecule has 0 aromatic rings. The molecule has 6 aliphatic carbocycles. The van der Waals surface area contributed by atoms with Crippen LogP contribution in [0, 0.1) is 70.0 Å². The van der Waals surface area contributed by atoms with Crippen LogP contribution in [0.25, 0.3) is 0 Å². The number of aldehydes is 1. The molecule has 0 aromatic carbocycles. The molecule has 4 bridgehead atoms. The largest absolute Gasteiger partial charge is 0.349 e. The van der Waals surface area contributed by atoms with Gasteiger partial charge in [-0.3, -0.25) is 0 Å². The van der Waals surface area contributed by atoms with Crippen molar-refractivity contribution in [1.29, 1.82) is 0 Å². The second kappa shape index (κ2) is 3.63. The second-order valence-electron chi connectivity index (χ2n) is 11.4. The summed E-state index contributed by atoms with van der Waals surface area (Å²) in [6, 6.07) is 0. The van der Waals surface area contributed by atoms with Crippen molar-refractivity contribution in [2.24, 2.45) is 70.0 Å². The maximum absolute atomic E-state index is 12.6. The standard InChI is InChI=1S/C22H28O3/c1-21(7-23)16-8-3-5-11-13(8)19-14(16)15-17-9-4-6-10(12(9)18(15)21)24-20(25-11)22(17,19)2/h7-20H,3-6H2,1-2H3/t8?,9?,10?,11?,12?,13?,14?,15?,16?,17?,18?,19?,20?,21-,22-/m0/s1. The highest BCUT2D eigenvalue weighted by atomic mass is 16.7. The van der Waals surface area contributed by atoms with Gasteiger partial charge in [-0.1, -0.05) is 13.8 Å². The zero-order valence-electron chi connectivity index (χ0n) is 15.1. The number of fused-ring (bicyclic) bond motifs is 1. The van der Waals surface area contributed by atoms with Crippen LogP contribution >= 0.6 is 0 Å². The molecular weight excluding hydrogens is 312 g/mol. The molecule has 8 aliphatic rings. The van der Waals surface area contributed by atoms with E-state index in [0.29, 0.717) is 30.0 Å². The van der Waals surface area contributed by atoms with Gasteiger partial charge in [0.25, 0.3) is 0 Å². The molecule has 0 radical (unpaired) electrons. The number of carbonyl (C=O) groups excluding carboxylic acids is 1. The zero-order chi connectivity index (χ0) is 16.5. The van der Waals surface area contributed by atoms with Crippen molar-refractivity contribution in [2.75, 3.05) is 0 Å². The first-order chi connectivity index (χ1) is 12.1. The molecule has 0 aromatic heterocycles. The molecule has 0 amide bonds. The van der Waals surface area contributed by atoms with Gasteiger partial charge in [0.05, 0.1) is 12.2 Å². The highest BCUT2D eigenvalue weighted by molar-refractivity contribution is 5.63. The lowest BCUT2D eigenvalue weighted by Crippen LogP contribution is -2.55. The predicted molar refractivity (Wildman–Crippen MR) is 89.2 cm³/mol. The normalized spacial score (nSPS) is 77.9. The fraction of sp³-hybridized carbons (Fsp3) is 0.955. The van der Waals surface area contributed by atoms with Crippen LogP contribution in [0.3, 0.4) is 0 Å². The Hall–Kier alpha value is -0.410. The maximum atomic E-state index is 12.6. The van der Waals surface area contributed by atoms with Crippen molar-refractivity contribution in [3.63, 3.8) is 0 Å². The van der Waals surface area contributed by atoms with Crippen LogP contribution in [0.4, 0.5) is 0 Å². The van der Waals surface area contributed by atoms with E-state index in [1.807, 2.05) is 0 Å². The summed E-state index contributed by atoms with van der Waals surface area (Å²) in [6.07, 6.45) is 7.30. The van der Waals surface area contributed by atoms with Crippen molar-refractivity contribution in [1.82, 2.24) is 0 Å². The minimum Gasteiger partial charge on any atom is -0.349 e. The molecule has 6 saturated carbocycles. The lowest BCUT2D eigenvalue weighted by molar-refractivity contribution is -0.302. The summed E-state index contributed by atoms with van der Waals surface area (Å²) in [7, 11) is 0. The molecule has 0 N–H and O–H groups in total. The van der Waals surface area contributed by atoms with E-state index >= 15 is 0 Å². The fourth-order valence-corrected chi connectivity index (χ4v) is 11.6. The van der Waals surface area contributed by atoms with Gasteiger partial charge >= 0.3 is 0 Å². The van der Waals surface area contributed by atoms with Crippen molar-refractivity contribution < 1.29 is 14.3 Å². The van der Waals surface area contributed by atoms with Crippen LogP contribution in [-0.4, -0.2) is 24.8 Å². The van der Waals surface area contributed by atoms with Crippen molar-refractivity contribution in [3.8, 4) is 0 Å². The third-order valence-corrected chi connectivity index (χ3v) is 11.5. The first kappa shape index (κ1) is 13.7. The minimum atomic E-state index is -0.0932. The van der Waals surface area contributed by atoms with Gasteiger partial charge in [0.2, 0.25) is 0 Å². The first-order valence-corrected chi connectivity index (χ1v) is 10.9. The summed E-state index contributed by atoms with van der Waals surface area (Å²) in [4.78, 5) is 12.6. The summed E-state index contributed by atoms with van der Waals surface area (Å²) in [5.41, 5.74) is 0.134. The molecule has 8 rings (SSSR count).